The molecular weight excluding hydrogens is 168 g/mol. The zero-order chi connectivity index (χ0) is 9.10. The number of hydrogen-bond donors (Lipinski definition) is 1. The lowest BCUT2D eigenvalue weighted by Gasteiger charge is -2.09. The minimum atomic E-state index is -0.284. The van der Waals surface area contributed by atoms with Gasteiger partial charge in [0, 0.05) is 7.05 Å². The molecular formula is C9H12N2O2. The predicted molar refractivity (Wildman–Crippen MR) is 48.4 cm³/mol. The van der Waals surface area contributed by atoms with Crippen LogP contribution in [0.5, 0.6) is 0 Å². The lowest BCUT2D eigenvalue weighted by atomic mass is 10.3. The maximum absolute atomic E-state index is 5.33. The predicted octanol–water partition coefficient (Wildman–Crippen LogP) is 1.17. The fraction of sp³-hybridized carbons (Fsp3) is 0.444. The molecule has 1 fully saturated rings. The van der Waals surface area contributed by atoms with Crippen molar-refractivity contribution < 1.29 is 9.47 Å². The van der Waals surface area contributed by atoms with Gasteiger partial charge in [0.2, 0.25) is 6.29 Å². The van der Waals surface area contributed by atoms with Crippen molar-refractivity contribution in [2.75, 3.05) is 25.6 Å². The van der Waals surface area contributed by atoms with Gasteiger partial charge in [-0.1, -0.05) is 6.07 Å². The van der Waals surface area contributed by atoms with Crippen LogP contribution in [-0.4, -0.2) is 25.2 Å². The second-order valence-electron chi connectivity index (χ2n) is 2.77. The van der Waals surface area contributed by atoms with Crippen molar-refractivity contribution in [2.45, 2.75) is 6.29 Å². The first-order valence-electron chi connectivity index (χ1n) is 4.28. The normalized spacial score (nSPS) is 17.6. The molecule has 0 aliphatic carbocycles. The fourth-order valence-electron chi connectivity index (χ4n) is 1.25. The van der Waals surface area contributed by atoms with Crippen LogP contribution < -0.4 is 5.32 Å². The second kappa shape index (κ2) is 3.72. The summed E-state index contributed by atoms with van der Waals surface area (Å²) < 4.78 is 10.7. The average molecular weight is 180 g/mol. The molecule has 0 unspecified atom stereocenters. The quantitative estimate of drug-likeness (QED) is 0.741. The molecule has 0 amide bonds. The van der Waals surface area contributed by atoms with Crippen molar-refractivity contribution in [3.63, 3.8) is 0 Å². The van der Waals surface area contributed by atoms with E-state index < -0.39 is 0 Å². The summed E-state index contributed by atoms with van der Waals surface area (Å²) in [6, 6.07) is 5.73. The van der Waals surface area contributed by atoms with E-state index in [0.717, 1.165) is 11.5 Å². The smallest absolute Gasteiger partial charge is 0.201 e. The number of pyridine rings is 1. The van der Waals surface area contributed by atoms with Crippen LogP contribution in [0, 0.1) is 0 Å². The Kier molecular flexibility index (Phi) is 2.42. The van der Waals surface area contributed by atoms with Gasteiger partial charge in [-0.3, -0.25) is 0 Å². The van der Waals surface area contributed by atoms with Crippen molar-refractivity contribution in [1.82, 2.24) is 4.98 Å². The summed E-state index contributed by atoms with van der Waals surface area (Å²) >= 11 is 0. The van der Waals surface area contributed by atoms with Gasteiger partial charge in [0.05, 0.1) is 18.9 Å². The lowest BCUT2D eigenvalue weighted by Crippen LogP contribution is -2.03. The number of hydrogen-bond acceptors (Lipinski definition) is 4. The minimum Gasteiger partial charge on any atom is -0.373 e. The molecule has 70 valence electrons. The number of nitrogens with one attached hydrogen (secondary N) is 1. The third-order valence-corrected chi connectivity index (χ3v) is 1.89. The molecule has 0 bridgehead atoms. The fourth-order valence-corrected chi connectivity index (χ4v) is 1.25. The molecule has 1 aromatic rings. The summed E-state index contributed by atoms with van der Waals surface area (Å²) in [4.78, 5) is 4.31. The van der Waals surface area contributed by atoms with E-state index in [-0.39, 0.29) is 6.29 Å². The number of anilines is 1. The Bertz CT molecular complexity index is 285. The monoisotopic (exact) mass is 180 g/mol. The largest absolute Gasteiger partial charge is 0.373 e. The Labute approximate surface area is 76.9 Å². The van der Waals surface area contributed by atoms with E-state index in [1.807, 2.05) is 25.2 Å². The van der Waals surface area contributed by atoms with Gasteiger partial charge in [-0.25, -0.2) is 4.98 Å². The average Bonchev–Trinajstić information content (AvgIpc) is 2.71. The number of rotatable bonds is 2. The molecule has 13 heavy (non-hydrogen) atoms. The van der Waals surface area contributed by atoms with Crippen LogP contribution in [0.1, 0.15) is 12.0 Å². The first kappa shape index (κ1) is 8.47. The maximum atomic E-state index is 5.33. The molecule has 0 atom stereocenters. The highest BCUT2D eigenvalue weighted by Gasteiger charge is 2.19. The van der Waals surface area contributed by atoms with Crippen LogP contribution in [0.15, 0.2) is 18.2 Å². The van der Waals surface area contributed by atoms with E-state index in [2.05, 4.69) is 10.3 Å². The summed E-state index contributed by atoms with van der Waals surface area (Å²) in [5.74, 6) is 0.830. The first-order chi connectivity index (χ1) is 6.40. The highest BCUT2D eigenvalue weighted by molar-refractivity contribution is 5.34. The molecule has 2 heterocycles. The summed E-state index contributed by atoms with van der Waals surface area (Å²) in [7, 11) is 1.84. The van der Waals surface area contributed by atoms with Gasteiger partial charge in [0.25, 0.3) is 0 Å². The zero-order valence-electron chi connectivity index (χ0n) is 7.49. The topological polar surface area (TPSA) is 43.4 Å². The molecule has 1 N–H and O–H groups in total. The van der Waals surface area contributed by atoms with Gasteiger partial charge in [0.15, 0.2) is 0 Å². The Morgan fingerprint density at radius 1 is 1.38 bits per heavy atom. The van der Waals surface area contributed by atoms with E-state index in [0.29, 0.717) is 13.2 Å². The molecule has 1 aliphatic rings. The summed E-state index contributed by atoms with van der Waals surface area (Å²) in [5, 5.41) is 2.97. The van der Waals surface area contributed by atoms with Crippen LogP contribution >= 0.6 is 0 Å². The summed E-state index contributed by atoms with van der Waals surface area (Å²) in [6.07, 6.45) is -0.284. The van der Waals surface area contributed by atoms with Crippen LogP contribution in [0.3, 0.4) is 0 Å². The summed E-state index contributed by atoms with van der Waals surface area (Å²) in [6.45, 7) is 1.30. The molecule has 0 aromatic carbocycles. The van der Waals surface area contributed by atoms with Crippen LogP contribution in [0.2, 0.25) is 0 Å². The second-order valence-corrected chi connectivity index (χ2v) is 2.77. The third-order valence-electron chi connectivity index (χ3n) is 1.89. The van der Waals surface area contributed by atoms with Crippen LogP contribution in [0.25, 0.3) is 0 Å². The highest BCUT2D eigenvalue weighted by Crippen LogP contribution is 2.21. The van der Waals surface area contributed by atoms with Gasteiger partial charge in [-0.05, 0) is 12.1 Å². The van der Waals surface area contributed by atoms with Gasteiger partial charge >= 0.3 is 0 Å². The van der Waals surface area contributed by atoms with E-state index >= 15 is 0 Å². The molecule has 1 aliphatic heterocycles. The lowest BCUT2D eigenvalue weighted by molar-refractivity contribution is -0.0471. The van der Waals surface area contributed by atoms with E-state index in [4.69, 9.17) is 9.47 Å². The van der Waals surface area contributed by atoms with Crippen LogP contribution in [0.4, 0.5) is 5.82 Å². The SMILES string of the molecule is CNc1cccc(C2OCCO2)n1. The van der Waals surface area contributed by atoms with Gasteiger partial charge in [0.1, 0.15) is 5.82 Å². The van der Waals surface area contributed by atoms with E-state index in [9.17, 15) is 0 Å². The van der Waals surface area contributed by atoms with Gasteiger partial charge in [-0.2, -0.15) is 0 Å². The standard InChI is InChI=1S/C9H12N2O2/c1-10-8-4-2-3-7(11-8)9-12-5-6-13-9/h2-4,9H,5-6H2,1H3,(H,10,11). The minimum absolute atomic E-state index is 0.284. The van der Waals surface area contributed by atoms with Crippen molar-refractivity contribution in [3.8, 4) is 0 Å². The molecule has 1 aromatic heterocycles. The van der Waals surface area contributed by atoms with Crippen molar-refractivity contribution in [3.05, 3.63) is 23.9 Å². The molecule has 4 heteroatoms. The highest BCUT2D eigenvalue weighted by atomic mass is 16.7. The molecule has 0 spiro atoms. The van der Waals surface area contributed by atoms with Crippen LogP contribution in [-0.2, 0) is 9.47 Å². The molecule has 2 rings (SSSR count). The van der Waals surface area contributed by atoms with Gasteiger partial charge < -0.3 is 14.8 Å². The van der Waals surface area contributed by atoms with Gasteiger partial charge in [-0.15, -0.1) is 0 Å². The Balaban J connectivity index is 2.18. The maximum Gasteiger partial charge on any atom is 0.201 e. The molecule has 0 saturated carbocycles. The van der Waals surface area contributed by atoms with Crippen molar-refractivity contribution in [1.29, 1.82) is 0 Å². The Hall–Kier alpha value is -1.13. The number of aromatic nitrogens is 1. The molecule has 4 nitrogen and oxygen atoms in total. The number of ether oxygens (including phenoxy) is 2. The van der Waals surface area contributed by atoms with Crippen molar-refractivity contribution >= 4 is 5.82 Å². The Morgan fingerprint density at radius 2 is 2.15 bits per heavy atom. The Morgan fingerprint density at radius 3 is 2.85 bits per heavy atom. The first-order valence-corrected chi connectivity index (χ1v) is 4.28. The van der Waals surface area contributed by atoms with E-state index in [1.54, 1.807) is 0 Å². The molecule has 1 saturated heterocycles. The third kappa shape index (κ3) is 1.79. The van der Waals surface area contributed by atoms with Crippen molar-refractivity contribution in [2.24, 2.45) is 0 Å². The summed E-state index contributed by atoms with van der Waals surface area (Å²) in [5.41, 5.74) is 0.823. The molecule has 0 radical (unpaired) electrons. The van der Waals surface area contributed by atoms with E-state index in [1.165, 1.54) is 0 Å². The zero-order valence-corrected chi connectivity index (χ0v) is 7.49. The number of nitrogens with zero attached hydrogens (tertiary/aromatic N) is 1.